The molecule has 0 spiro atoms. The Morgan fingerprint density at radius 1 is 1.12 bits per heavy atom. The molecule has 0 bridgehead atoms. The van der Waals surface area contributed by atoms with Crippen molar-refractivity contribution in [3.63, 3.8) is 0 Å². The van der Waals surface area contributed by atoms with E-state index in [2.05, 4.69) is 11.5 Å². The Hall–Kier alpha value is -0.0866. The Balaban J connectivity index is 0. The summed E-state index contributed by atoms with van der Waals surface area (Å²) in [7, 11) is 0. The molecule has 6 heteroatoms. The number of thioether (sulfide) groups is 1. The molecule has 0 atom stereocenters. The van der Waals surface area contributed by atoms with Gasteiger partial charge in [-0.15, -0.1) is 0 Å². The minimum Gasteiger partial charge on any atom is -0.360 e. The average molecular weight is 186 g/mol. The average Bonchev–Trinajstić information content (AvgIpc) is 1.27. The standard InChI is InChI=1S/C2H4N2O2S.Zn/c3-1(5)7-2(4)6;/h(H2,3,5)(H2,4,6);. The maximum Gasteiger partial charge on any atom is 0.285 e. The number of hydrogen-bond donors (Lipinski definition) is 2. The van der Waals surface area contributed by atoms with Gasteiger partial charge in [0.1, 0.15) is 0 Å². The summed E-state index contributed by atoms with van der Waals surface area (Å²) >= 11 is 0.287. The molecule has 0 saturated heterocycles. The number of primary amides is 2. The molecule has 0 saturated carbocycles. The van der Waals surface area contributed by atoms with Crippen molar-refractivity contribution in [2.75, 3.05) is 0 Å². The molecule has 8 heavy (non-hydrogen) atoms. The van der Waals surface area contributed by atoms with Crippen LogP contribution in [-0.2, 0) is 19.5 Å². The predicted molar refractivity (Wildman–Crippen MR) is 26.8 cm³/mol. The summed E-state index contributed by atoms with van der Waals surface area (Å²) in [6.07, 6.45) is 0. The van der Waals surface area contributed by atoms with Gasteiger partial charge in [-0.05, 0) is 0 Å². The molecule has 0 aromatic heterocycles. The van der Waals surface area contributed by atoms with Crippen molar-refractivity contribution >= 4 is 22.2 Å². The first kappa shape index (κ1) is 10.8. The van der Waals surface area contributed by atoms with E-state index in [0.29, 0.717) is 0 Å². The van der Waals surface area contributed by atoms with Crippen LogP contribution in [0, 0.1) is 0 Å². The summed E-state index contributed by atoms with van der Waals surface area (Å²) in [5, 5.41) is -1.54. The molecule has 2 amide bonds. The predicted octanol–water partition coefficient (Wildman–Crippen LogP) is -0.125. The van der Waals surface area contributed by atoms with Crippen molar-refractivity contribution in [2.45, 2.75) is 0 Å². The molecule has 42 valence electrons. The molecule has 0 radical (unpaired) electrons. The van der Waals surface area contributed by atoms with Crippen LogP contribution in [0.3, 0.4) is 0 Å². The van der Waals surface area contributed by atoms with Crippen molar-refractivity contribution < 1.29 is 29.1 Å². The van der Waals surface area contributed by atoms with Crippen molar-refractivity contribution in [3.05, 3.63) is 0 Å². The maximum atomic E-state index is 9.69. The second kappa shape index (κ2) is 5.06. The molecule has 0 rings (SSSR count). The van der Waals surface area contributed by atoms with Gasteiger partial charge in [0.2, 0.25) is 0 Å². The van der Waals surface area contributed by atoms with Crippen LogP contribution in [-0.4, -0.2) is 10.5 Å². The van der Waals surface area contributed by atoms with Crippen LogP contribution in [0.5, 0.6) is 0 Å². The minimum atomic E-state index is -0.771. The van der Waals surface area contributed by atoms with E-state index in [9.17, 15) is 9.59 Å². The van der Waals surface area contributed by atoms with Gasteiger partial charge < -0.3 is 11.5 Å². The molecule has 0 aromatic carbocycles. The third-order valence-electron chi connectivity index (χ3n) is 0.201. The van der Waals surface area contributed by atoms with Gasteiger partial charge in [-0.25, -0.2) is 0 Å². The van der Waals surface area contributed by atoms with Crippen LogP contribution in [0.2, 0.25) is 0 Å². The molecule has 4 N–H and O–H groups in total. The monoisotopic (exact) mass is 184 g/mol. The number of carbonyl (C=O) groups is 2. The summed E-state index contributed by atoms with van der Waals surface area (Å²) in [4.78, 5) is 19.4. The Bertz CT molecular complexity index is 94.2. The number of nitrogens with two attached hydrogens (primary N) is 2. The summed E-state index contributed by atoms with van der Waals surface area (Å²) in [5.74, 6) is 0. The van der Waals surface area contributed by atoms with E-state index in [-0.39, 0.29) is 31.2 Å². The summed E-state index contributed by atoms with van der Waals surface area (Å²) in [6, 6.07) is 0. The maximum absolute atomic E-state index is 9.69. The quantitative estimate of drug-likeness (QED) is 0.516. The molecule has 0 aliphatic heterocycles. The Morgan fingerprint density at radius 3 is 1.38 bits per heavy atom. The third-order valence-corrected chi connectivity index (χ3v) is 0.604. The van der Waals surface area contributed by atoms with E-state index in [0.717, 1.165) is 0 Å². The van der Waals surface area contributed by atoms with E-state index < -0.39 is 10.5 Å². The van der Waals surface area contributed by atoms with Gasteiger partial charge in [-0.2, -0.15) is 0 Å². The van der Waals surface area contributed by atoms with Gasteiger partial charge >= 0.3 is 0 Å². The van der Waals surface area contributed by atoms with Gasteiger partial charge in [0, 0.05) is 31.2 Å². The molecular weight excluding hydrogens is 181 g/mol. The molecule has 0 aliphatic carbocycles. The van der Waals surface area contributed by atoms with Gasteiger partial charge in [0.05, 0.1) is 0 Å². The van der Waals surface area contributed by atoms with E-state index in [1.165, 1.54) is 0 Å². The van der Waals surface area contributed by atoms with Crippen LogP contribution in [0.4, 0.5) is 9.59 Å². The number of rotatable bonds is 0. The summed E-state index contributed by atoms with van der Waals surface area (Å²) in [5.41, 5.74) is 9.03. The normalized spacial score (nSPS) is 7.00. The second-order valence-electron chi connectivity index (χ2n) is 0.740. The van der Waals surface area contributed by atoms with Crippen LogP contribution >= 0.6 is 11.8 Å². The topological polar surface area (TPSA) is 86.2 Å². The van der Waals surface area contributed by atoms with Gasteiger partial charge in [-0.3, -0.25) is 9.59 Å². The number of amides is 2. The first-order valence-corrected chi connectivity index (χ1v) is 2.21. The largest absolute Gasteiger partial charge is 0.360 e. The van der Waals surface area contributed by atoms with Crippen LogP contribution in [0.25, 0.3) is 0 Å². The van der Waals surface area contributed by atoms with Gasteiger partial charge in [-0.1, -0.05) is 0 Å². The molecule has 4 nitrogen and oxygen atoms in total. The SMILES string of the molecule is NC(=O)SC(N)=O.[Zn]. The Morgan fingerprint density at radius 2 is 1.38 bits per heavy atom. The van der Waals surface area contributed by atoms with Crippen LogP contribution < -0.4 is 11.5 Å². The third kappa shape index (κ3) is 9.32. The van der Waals surface area contributed by atoms with Crippen LogP contribution in [0.1, 0.15) is 0 Å². The van der Waals surface area contributed by atoms with Crippen LogP contribution in [0.15, 0.2) is 0 Å². The fraction of sp³-hybridized carbons (Fsp3) is 0. The van der Waals surface area contributed by atoms with Gasteiger partial charge in [0.25, 0.3) is 10.5 Å². The second-order valence-corrected chi connectivity index (χ2v) is 1.75. The van der Waals surface area contributed by atoms with Crippen molar-refractivity contribution in [2.24, 2.45) is 11.5 Å². The zero-order valence-corrected chi connectivity index (χ0v) is 7.87. The Labute approximate surface area is 63.1 Å². The van der Waals surface area contributed by atoms with Crippen molar-refractivity contribution in [3.8, 4) is 0 Å². The summed E-state index contributed by atoms with van der Waals surface area (Å²) in [6.45, 7) is 0. The first-order valence-electron chi connectivity index (χ1n) is 1.39. The number of hydrogen-bond acceptors (Lipinski definition) is 3. The van der Waals surface area contributed by atoms with E-state index in [1.807, 2.05) is 0 Å². The molecule has 0 fully saturated rings. The van der Waals surface area contributed by atoms with Crippen molar-refractivity contribution in [1.82, 2.24) is 0 Å². The smallest absolute Gasteiger partial charge is 0.285 e. The fourth-order valence-electron chi connectivity index (χ4n) is 0.0991. The van der Waals surface area contributed by atoms with E-state index in [4.69, 9.17) is 0 Å². The molecule has 0 unspecified atom stereocenters. The molecule has 0 aromatic rings. The summed E-state index contributed by atoms with van der Waals surface area (Å²) < 4.78 is 0. The minimum absolute atomic E-state index is 0. The first-order chi connectivity index (χ1) is 3.13. The van der Waals surface area contributed by atoms with Gasteiger partial charge in [0.15, 0.2) is 0 Å². The van der Waals surface area contributed by atoms with E-state index >= 15 is 0 Å². The molecule has 0 heterocycles. The molecule has 0 aliphatic rings. The fourth-order valence-corrected chi connectivity index (χ4v) is 0.297. The zero-order valence-electron chi connectivity index (χ0n) is 4.09. The number of carbonyl (C=O) groups excluding carboxylic acids is 2. The Kier molecular flexibility index (Phi) is 6.84. The van der Waals surface area contributed by atoms with Crippen molar-refractivity contribution in [1.29, 1.82) is 0 Å². The molecular formula is C2H4N2O2SZn. The zero-order chi connectivity index (χ0) is 5.86. The van der Waals surface area contributed by atoms with E-state index in [1.54, 1.807) is 0 Å².